The molecule has 5 nitrogen and oxygen atoms in total. The van der Waals surface area contributed by atoms with Gasteiger partial charge in [-0.05, 0) is 55.9 Å². The summed E-state index contributed by atoms with van der Waals surface area (Å²) in [6.45, 7) is 2.36. The zero-order valence-electron chi connectivity index (χ0n) is 13.9. The Kier molecular flexibility index (Phi) is 6.42. The lowest BCUT2D eigenvalue weighted by Gasteiger charge is -2.24. The van der Waals surface area contributed by atoms with Crippen molar-refractivity contribution < 1.29 is 9.59 Å². The maximum absolute atomic E-state index is 12.4. The van der Waals surface area contributed by atoms with Gasteiger partial charge in [-0.3, -0.25) is 14.5 Å². The van der Waals surface area contributed by atoms with Gasteiger partial charge in [-0.15, -0.1) is 0 Å². The number of primary amides is 1. The van der Waals surface area contributed by atoms with E-state index in [2.05, 4.69) is 5.32 Å². The van der Waals surface area contributed by atoms with Crippen LogP contribution < -0.4 is 11.1 Å². The fourth-order valence-electron chi connectivity index (χ4n) is 2.23. The fourth-order valence-corrected chi connectivity index (χ4v) is 2.55. The quantitative estimate of drug-likeness (QED) is 0.805. The van der Waals surface area contributed by atoms with E-state index in [-0.39, 0.29) is 11.9 Å². The van der Waals surface area contributed by atoms with Crippen molar-refractivity contribution >= 4 is 40.7 Å². The van der Waals surface area contributed by atoms with Gasteiger partial charge in [-0.1, -0.05) is 29.3 Å². The molecule has 2 aromatic carbocycles. The summed E-state index contributed by atoms with van der Waals surface area (Å²) in [4.78, 5) is 25.3. The molecule has 1 atom stereocenters. The van der Waals surface area contributed by atoms with E-state index < -0.39 is 5.91 Å². The Morgan fingerprint density at radius 1 is 1.12 bits per heavy atom. The van der Waals surface area contributed by atoms with Crippen molar-refractivity contribution in [2.45, 2.75) is 19.5 Å². The Hall–Kier alpha value is -2.08. The van der Waals surface area contributed by atoms with E-state index in [1.165, 1.54) is 0 Å². The minimum Gasteiger partial charge on any atom is -0.366 e. The lowest BCUT2D eigenvalue weighted by Crippen LogP contribution is -2.39. The molecular weight excluding hydrogens is 361 g/mol. The van der Waals surface area contributed by atoms with Crippen molar-refractivity contribution in [3.8, 4) is 0 Å². The number of benzene rings is 2. The molecule has 2 rings (SSSR count). The average molecular weight is 380 g/mol. The average Bonchev–Trinajstić information content (AvgIpc) is 2.57. The first-order valence-corrected chi connectivity index (χ1v) is 8.38. The number of carbonyl (C=O) groups excluding carboxylic acids is 2. The summed E-state index contributed by atoms with van der Waals surface area (Å²) in [5.74, 6) is -0.665. The summed E-state index contributed by atoms with van der Waals surface area (Å²) >= 11 is 11.9. The molecule has 3 N–H and O–H groups in total. The number of hydrogen-bond donors (Lipinski definition) is 2. The summed E-state index contributed by atoms with van der Waals surface area (Å²) in [6.07, 6.45) is 0. The summed E-state index contributed by atoms with van der Waals surface area (Å²) in [5.41, 5.74) is 7.15. The van der Waals surface area contributed by atoms with Gasteiger partial charge in [0.15, 0.2) is 0 Å². The molecule has 2 aromatic rings. The van der Waals surface area contributed by atoms with Gasteiger partial charge in [0.2, 0.25) is 11.8 Å². The highest BCUT2D eigenvalue weighted by molar-refractivity contribution is 6.42. The van der Waals surface area contributed by atoms with Crippen molar-refractivity contribution in [3.63, 3.8) is 0 Å². The monoisotopic (exact) mass is 379 g/mol. The minimum atomic E-state index is -0.507. The summed E-state index contributed by atoms with van der Waals surface area (Å²) < 4.78 is 0. The maximum Gasteiger partial charge on any atom is 0.248 e. The molecule has 0 aromatic heterocycles. The highest BCUT2D eigenvalue weighted by Crippen LogP contribution is 2.23. The Morgan fingerprint density at radius 2 is 1.76 bits per heavy atom. The third-order valence-electron chi connectivity index (χ3n) is 3.89. The number of nitrogens with one attached hydrogen (secondary N) is 1. The van der Waals surface area contributed by atoms with E-state index in [9.17, 15) is 9.59 Å². The van der Waals surface area contributed by atoms with Crippen LogP contribution in [0.3, 0.4) is 0 Å². The standard InChI is InChI=1S/C18H19Cl2N3O2/c1-11(23(2)10-12-3-8-15(19)16(20)9-12)18(25)22-14-6-4-13(5-7-14)17(21)24/h3-9,11H,10H2,1-2H3,(H2,21,24)(H,22,25). The molecule has 25 heavy (non-hydrogen) atoms. The fraction of sp³-hybridized carbons (Fsp3) is 0.222. The summed E-state index contributed by atoms with van der Waals surface area (Å²) in [6, 6.07) is 11.5. The number of nitrogens with zero attached hydrogens (tertiary/aromatic N) is 1. The van der Waals surface area contributed by atoms with Crippen LogP contribution in [0, 0.1) is 0 Å². The molecule has 0 saturated carbocycles. The molecule has 0 bridgehead atoms. The smallest absolute Gasteiger partial charge is 0.248 e. The van der Waals surface area contributed by atoms with Gasteiger partial charge in [0.05, 0.1) is 16.1 Å². The minimum absolute atomic E-state index is 0.158. The molecule has 0 aliphatic carbocycles. The number of halogens is 2. The van der Waals surface area contributed by atoms with E-state index >= 15 is 0 Å². The molecule has 132 valence electrons. The van der Waals surface area contributed by atoms with Crippen molar-refractivity contribution in [3.05, 3.63) is 63.6 Å². The Morgan fingerprint density at radius 3 is 2.32 bits per heavy atom. The van der Waals surface area contributed by atoms with Gasteiger partial charge in [0, 0.05) is 17.8 Å². The van der Waals surface area contributed by atoms with Gasteiger partial charge in [-0.2, -0.15) is 0 Å². The van der Waals surface area contributed by atoms with Crippen molar-refractivity contribution in [1.82, 2.24) is 4.90 Å². The number of amides is 2. The lowest BCUT2D eigenvalue weighted by atomic mass is 10.1. The molecule has 1 unspecified atom stereocenters. The largest absolute Gasteiger partial charge is 0.366 e. The Labute approximate surface area is 156 Å². The number of carbonyl (C=O) groups is 2. The summed E-state index contributed by atoms with van der Waals surface area (Å²) in [7, 11) is 1.85. The third-order valence-corrected chi connectivity index (χ3v) is 4.63. The van der Waals surface area contributed by atoms with Crippen LogP contribution in [-0.4, -0.2) is 29.8 Å². The molecule has 0 aliphatic rings. The lowest BCUT2D eigenvalue weighted by molar-refractivity contribution is -0.120. The molecular formula is C18H19Cl2N3O2. The molecule has 0 aliphatic heterocycles. The van der Waals surface area contributed by atoms with E-state index in [1.807, 2.05) is 24.9 Å². The van der Waals surface area contributed by atoms with E-state index in [1.54, 1.807) is 36.4 Å². The van der Waals surface area contributed by atoms with Crippen LogP contribution in [0.2, 0.25) is 10.0 Å². The number of likely N-dealkylation sites (N-methyl/N-ethyl adjacent to an activating group) is 1. The highest BCUT2D eigenvalue weighted by atomic mass is 35.5. The second-order valence-corrected chi connectivity index (χ2v) is 6.58. The molecule has 0 heterocycles. The van der Waals surface area contributed by atoms with Gasteiger partial charge in [0.1, 0.15) is 0 Å². The van der Waals surface area contributed by atoms with Gasteiger partial charge in [0.25, 0.3) is 0 Å². The number of anilines is 1. The summed E-state index contributed by atoms with van der Waals surface area (Å²) in [5, 5.41) is 3.80. The van der Waals surface area contributed by atoms with E-state index in [0.29, 0.717) is 27.8 Å². The highest BCUT2D eigenvalue weighted by Gasteiger charge is 2.18. The predicted molar refractivity (Wildman–Crippen MR) is 101 cm³/mol. The SMILES string of the molecule is CC(C(=O)Nc1ccc(C(N)=O)cc1)N(C)Cc1ccc(Cl)c(Cl)c1. The van der Waals surface area contributed by atoms with E-state index in [0.717, 1.165) is 5.56 Å². The molecule has 0 fully saturated rings. The number of nitrogens with two attached hydrogens (primary N) is 1. The van der Waals surface area contributed by atoms with E-state index in [4.69, 9.17) is 28.9 Å². The number of rotatable bonds is 6. The number of hydrogen-bond acceptors (Lipinski definition) is 3. The molecule has 0 saturated heterocycles. The Bertz CT molecular complexity index is 778. The molecule has 0 radical (unpaired) electrons. The van der Waals surface area contributed by atoms with Crippen LogP contribution in [0.5, 0.6) is 0 Å². The van der Waals surface area contributed by atoms with Crippen LogP contribution in [-0.2, 0) is 11.3 Å². The van der Waals surface area contributed by atoms with Gasteiger partial charge >= 0.3 is 0 Å². The topological polar surface area (TPSA) is 75.4 Å². The zero-order chi connectivity index (χ0) is 18.6. The van der Waals surface area contributed by atoms with Crippen LogP contribution in [0.1, 0.15) is 22.8 Å². The first kappa shape index (κ1) is 19.2. The van der Waals surface area contributed by atoms with Gasteiger partial charge < -0.3 is 11.1 Å². The normalized spacial score (nSPS) is 12.0. The molecule has 2 amide bonds. The Balaban J connectivity index is 1.98. The van der Waals surface area contributed by atoms with Crippen LogP contribution >= 0.6 is 23.2 Å². The first-order valence-electron chi connectivity index (χ1n) is 7.63. The maximum atomic E-state index is 12.4. The first-order chi connectivity index (χ1) is 11.8. The van der Waals surface area contributed by atoms with Crippen LogP contribution in [0.15, 0.2) is 42.5 Å². The van der Waals surface area contributed by atoms with Crippen LogP contribution in [0.4, 0.5) is 5.69 Å². The molecule has 7 heteroatoms. The van der Waals surface area contributed by atoms with Gasteiger partial charge in [-0.25, -0.2) is 0 Å². The second kappa shape index (κ2) is 8.34. The third kappa shape index (κ3) is 5.19. The molecule has 0 spiro atoms. The van der Waals surface area contributed by atoms with Crippen molar-refractivity contribution in [2.75, 3.05) is 12.4 Å². The van der Waals surface area contributed by atoms with Crippen molar-refractivity contribution in [2.24, 2.45) is 5.73 Å². The zero-order valence-corrected chi connectivity index (χ0v) is 15.4. The predicted octanol–water partition coefficient (Wildman–Crippen LogP) is 3.55. The van der Waals surface area contributed by atoms with Crippen molar-refractivity contribution in [1.29, 1.82) is 0 Å². The van der Waals surface area contributed by atoms with Crippen LogP contribution in [0.25, 0.3) is 0 Å². The second-order valence-electron chi connectivity index (χ2n) is 5.77.